The molecule has 3 aromatic heterocycles. The minimum atomic E-state index is -0.775. The normalized spacial score (nSPS) is 10.9. The average molecular weight is 437 g/mol. The third kappa shape index (κ3) is 3.69. The quantitative estimate of drug-likeness (QED) is 0.470. The highest BCUT2D eigenvalue weighted by molar-refractivity contribution is 6.29. The number of carbonyl (C=O) groups excluding carboxylic acids is 1. The molecule has 0 radical (unpaired) electrons. The number of aromatic nitrogens is 5. The summed E-state index contributed by atoms with van der Waals surface area (Å²) >= 11 is 6.17. The van der Waals surface area contributed by atoms with E-state index in [4.69, 9.17) is 17.3 Å². The first kappa shape index (κ1) is 20.4. The first-order valence-electron chi connectivity index (χ1n) is 9.33. The topological polar surface area (TPSA) is 118 Å². The van der Waals surface area contributed by atoms with Crippen LogP contribution in [-0.4, -0.2) is 29.8 Å². The maximum atomic E-state index is 13.4. The van der Waals surface area contributed by atoms with Crippen molar-refractivity contribution in [3.8, 4) is 11.8 Å². The van der Waals surface area contributed by atoms with Gasteiger partial charge in [0.25, 0.3) is 11.1 Å². The van der Waals surface area contributed by atoms with Crippen molar-refractivity contribution in [3.05, 3.63) is 68.1 Å². The lowest BCUT2D eigenvalue weighted by Gasteiger charge is -2.15. The van der Waals surface area contributed by atoms with Gasteiger partial charge in [-0.3, -0.25) is 23.9 Å². The van der Waals surface area contributed by atoms with E-state index in [1.807, 2.05) is 30.3 Å². The van der Waals surface area contributed by atoms with Gasteiger partial charge in [-0.1, -0.05) is 30.2 Å². The van der Waals surface area contributed by atoms with Crippen LogP contribution in [0.25, 0.3) is 21.9 Å². The summed E-state index contributed by atoms with van der Waals surface area (Å²) in [7, 11) is 0. The lowest BCUT2D eigenvalue weighted by molar-refractivity contribution is -0.119. The summed E-state index contributed by atoms with van der Waals surface area (Å²) in [6.07, 6.45) is 0. The molecule has 0 bridgehead atoms. The fourth-order valence-electron chi connectivity index (χ4n) is 3.37. The molecule has 0 unspecified atom stereocenters. The Bertz CT molecular complexity index is 1520. The second-order valence-corrected chi connectivity index (χ2v) is 7.12. The number of halogens is 1. The molecule has 31 heavy (non-hydrogen) atoms. The number of fused-ring (bicyclic) bond motifs is 2. The second-order valence-electron chi connectivity index (χ2n) is 6.78. The summed E-state index contributed by atoms with van der Waals surface area (Å²) in [5.74, 6) is 4.76. The first-order chi connectivity index (χ1) is 14.9. The predicted molar refractivity (Wildman–Crippen MR) is 117 cm³/mol. The second kappa shape index (κ2) is 8.08. The Labute approximate surface area is 180 Å². The summed E-state index contributed by atoms with van der Waals surface area (Å²) in [6, 6.07) is 11.1. The van der Waals surface area contributed by atoms with Gasteiger partial charge in [0.1, 0.15) is 12.1 Å². The maximum absolute atomic E-state index is 13.4. The van der Waals surface area contributed by atoms with Crippen LogP contribution in [0.4, 0.5) is 0 Å². The highest BCUT2D eigenvalue weighted by Gasteiger charge is 2.21. The smallest absolute Gasteiger partial charge is 0.294 e. The maximum Gasteiger partial charge on any atom is 0.294 e. The number of hydrogen-bond donors (Lipinski definition) is 1. The number of imidazole rings is 1. The van der Waals surface area contributed by atoms with E-state index in [1.165, 1.54) is 4.57 Å². The Morgan fingerprint density at radius 2 is 1.87 bits per heavy atom. The predicted octanol–water partition coefficient (Wildman–Crippen LogP) is 1.12. The lowest BCUT2D eigenvalue weighted by atomic mass is 10.2. The van der Waals surface area contributed by atoms with Crippen LogP contribution in [0.15, 0.2) is 46.0 Å². The van der Waals surface area contributed by atoms with Crippen LogP contribution in [0, 0.1) is 11.8 Å². The molecule has 10 heteroatoms. The summed E-state index contributed by atoms with van der Waals surface area (Å²) in [4.78, 5) is 46.7. The standard InChI is InChI=1S/C21H17ClN6O3/c1-2-3-10-26-18-17(25-21(26)22)19(30)28(12-16(23)29)27(20(18)31)11-14-9-8-13-6-4-5-7-15(13)24-14/h4-9H,10-12H2,1H3,(H2,23,29). The number of carbonyl (C=O) groups is 1. The molecule has 0 aliphatic rings. The third-order valence-corrected chi connectivity index (χ3v) is 5.06. The Hall–Kier alpha value is -3.90. The lowest BCUT2D eigenvalue weighted by Crippen LogP contribution is -2.42. The fourth-order valence-corrected chi connectivity index (χ4v) is 3.60. The van der Waals surface area contributed by atoms with Crippen molar-refractivity contribution in [3.63, 3.8) is 0 Å². The number of benzene rings is 1. The van der Waals surface area contributed by atoms with Crippen LogP contribution < -0.4 is 16.9 Å². The molecular weight excluding hydrogens is 420 g/mol. The minimum absolute atomic E-state index is 0.0132. The van der Waals surface area contributed by atoms with Crippen molar-refractivity contribution < 1.29 is 4.79 Å². The molecule has 3 heterocycles. The Balaban J connectivity index is 1.97. The van der Waals surface area contributed by atoms with Gasteiger partial charge in [0.05, 0.1) is 24.3 Å². The third-order valence-electron chi connectivity index (χ3n) is 4.77. The molecule has 0 aliphatic carbocycles. The summed E-state index contributed by atoms with van der Waals surface area (Å²) in [5, 5.41) is 0.894. The van der Waals surface area contributed by atoms with E-state index in [9.17, 15) is 14.4 Å². The highest BCUT2D eigenvalue weighted by Crippen LogP contribution is 2.15. The SMILES string of the molecule is CC#CCn1c(Cl)nc2c(=O)n(CC(N)=O)n(Cc3ccc4ccccc4n3)c(=O)c21. The van der Waals surface area contributed by atoms with Gasteiger partial charge >= 0.3 is 0 Å². The van der Waals surface area contributed by atoms with Crippen LogP contribution in [0.2, 0.25) is 5.28 Å². The van der Waals surface area contributed by atoms with E-state index in [0.717, 1.165) is 20.3 Å². The van der Waals surface area contributed by atoms with Gasteiger partial charge in [-0.25, -0.2) is 14.3 Å². The van der Waals surface area contributed by atoms with Crippen molar-refractivity contribution in [1.82, 2.24) is 23.9 Å². The zero-order chi connectivity index (χ0) is 22.1. The van der Waals surface area contributed by atoms with Crippen LogP contribution >= 0.6 is 11.6 Å². The van der Waals surface area contributed by atoms with Gasteiger partial charge in [-0.05, 0) is 30.7 Å². The van der Waals surface area contributed by atoms with Crippen molar-refractivity contribution in [2.45, 2.75) is 26.6 Å². The Kier molecular flexibility index (Phi) is 5.31. The molecule has 0 saturated heterocycles. The van der Waals surface area contributed by atoms with Gasteiger partial charge < -0.3 is 5.73 Å². The fraction of sp³-hybridized carbons (Fsp3) is 0.190. The number of nitrogens with zero attached hydrogens (tertiary/aromatic N) is 5. The molecule has 1 aromatic carbocycles. The van der Waals surface area contributed by atoms with E-state index in [1.54, 1.807) is 13.0 Å². The van der Waals surface area contributed by atoms with E-state index >= 15 is 0 Å². The van der Waals surface area contributed by atoms with Crippen LogP contribution in [-0.2, 0) is 24.4 Å². The van der Waals surface area contributed by atoms with Gasteiger partial charge in [0.15, 0.2) is 5.52 Å². The van der Waals surface area contributed by atoms with Crippen molar-refractivity contribution in [1.29, 1.82) is 0 Å². The number of hydrogen-bond acceptors (Lipinski definition) is 5. The van der Waals surface area contributed by atoms with E-state index in [-0.39, 0.29) is 29.4 Å². The van der Waals surface area contributed by atoms with Crippen LogP contribution in [0.3, 0.4) is 0 Å². The monoisotopic (exact) mass is 436 g/mol. The van der Waals surface area contributed by atoms with Crippen molar-refractivity contribution in [2.75, 3.05) is 0 Å². The van der Waals surface area contributed by atoms with Gasteiger partial charge in [0.2, 0.25) is 11.2 Å². The minimum Gasteiger partial charge on any atom is -0.368 e. The van der Waals surface area contributed by atoms with E-state index < -0.39 is 23.6 Å². The highest BCUT2D eigenvalue weighted by atomic mass is 35.5. The molecule has 4 rings (SSSR count). The van der Waals surface area contributed by atoms with Gasteiger partial charge in [-0.15, -0.1) is 5.92 Å². The molecule has 4 aromatic rings. The molecule has 9 nitrogen and oxygen atoms in total. The Morgan fingerprint density at radius 1 is 1.10 bits per heavy atom. The molecule has 2 N–H and O–H groups in total. The number of pyridine rings is 1. The Morgan fingerprint density at radius 3 is 2.61 bits per heavy atom. The molecule has 0 fully saturated rings. The molecule has 0 atom stereocenters. The molecule has 156 valence electrons. The zero-order valence-corrected chi connectivity index (χ0v) is 17.3. The summed E-state index contributed by atoms with van der Waals surface area (Å²) in [5.41, 5.74) is 5.26. The molecule has 0 saturated carbocycles. The number of rotatable bonds is 5. The van der Waals surface area contributed by atoms with Crippen molar-refractivity contribution >= 4 is 39.4 Å². The molecular formula is C21H17ClN6O3. The average Bonchev–Trinajstić information content (AvgIpc) is 3.09. The number of nitrogens with two attached hydrogens (primary N) is 1. The van der Waals surface area contributed by atoms with Crippen molar-refractivity contribution in [2.24, 2.45) is 5.73 Å². The number of para-hydroxylation sites is 1. The number of amides is 1. The molecule has 1 amide bonds. The molecule has 0 spiro atoms. The summed E-state index contributed by atoms with van der Waals surface area (Å²) in [6.45, 7) is 1.20. The number of primary amides is 1. The van der Waals surface area contributed by atoms with Gasteiger partial charge in [-0.2, -0.15) is 0 Å². The van der Waals surface area contributed by atoms with E-state index in [0.29, 0.717) is 5.69 Å². The molecule has 0 aliphatic heterocycles. The van der Waals surface area contributed by atoms with Gasteiger partial charge in [0, 0.05) is 5.39 Å². The summed E-state index contributed by atoms with van der Waals surface area (Å²) < 4.78 is 3.49. The first-order valence-corrected chi connectivity index (χ1v) is 9.70. The van der Waals surface area contributed by atoms with E-state index in [2.05, 4.69) is 21.8 Å². The zero-order valence-electron chi connectivity index (χ0n) is 16.5. The van der Waals surface area contributed by atoms with Crippen LogP contribution in [0.5, 0.6) is 0 Å². The largest absolute Gasteiger partial charge is 0.368 e. The van der Waals surface area contributed by atoms with Crippen LogP contribution in [0.1, 0.15) is 12.6 Å².